The number of aryl methyl sites for hydroxylation is 2. The summed E-state index contributed by atoms with van der Waals surface area (Å²) in [7, 11) is 0. The Kier molecular flexibility index (Phi) is 3.82. The summed E-state index contributed by atoms with van der Waals surface area (Å²) in [5.74, 6) is -0.196. The third-order valence-corrected chi connectivity index (χ3v) is 5.06. The summed E-state index contributed by atoms with van der Waals surface area (Å²) >= 11 is 1.67. The largest absolute Gasteiger partial charge is 0.321 e. The topological polar surface area (TPSA) is 70.7 Å². The second-order valence-corrected chi connectivity index (χ2v) is 6.98. The van der Waals surface area contributed by atoms with Gasteiger partial charge in [0, 0.05) is 11.3 Å². The van der Waals surface area contributed by atoms with E-state index in [9.17, 15) is 4.79 Å². The smallest absolute Gasteiger partial charge is 0.273 e. The number of carbonyl (C=O) groups excluding carboxylic acids is 1. The summed E-state index contributed by atoms with van der Waals surface area (Å²) in [6, 6.07) is 14.0. The highest BCUT2D eigenvalue weighted by atomic mass is 32.1. The van der Waals surface area contributed by atoms with Crippen molar-refractivity contribution in [2.24, 2.45) is 0 Å². The van der Waals surface area contributed by atoms with Crippen LogP contribution in [-0.2, 0) is 0 Å². The number of nitrogens with one attached hydrogen (secondary N) is 2. The first-order valence-corrected chi connectivity index (χ1v) is 8.71. The third-order valence-electron chi connectivity index (χ3n) is 3.99. The van der Waals surface area contributed by atoms with Crippen LogP contribution in [-0.4, -0.2) is 21.1 Å². The molecular weight excluding hydrogens is 332 g/mol. The van der Waals surface area contributed by atoms with Crippen LogP contribution >= 0.6 is 11.3 Å². The van der Waals surface area contributed by atoms with Crippen LogP contribution in [0.4, 0.5) is 5.69 Å². The predicted molar refractivity (Wildman–Crippen MR) is 101 cm³/mol. The molecule has 4 aromatic rings. The van der Waals surface area contributed by atoms with E-state index in [0.29, 0.717) is 5.69 Å². The Morgan fingerprint density at radius 1 is 1.12 bits per heavy atom. The van der Waals surface area contributed by atoms with Crippen molar-refractivity contribution in [1.29, 1.82) is 0 Å². The number of fused-ring (bicyclic) bond motifs is 1. The highest BCUT2D eigenvalue weighted by Gasteiger charge is 2.11. The predicted octanol–water partition coefficient (Wildman–Crippen LogP) is 4.56. The first-order chi connectivity index (χ1) is 12.1. The minimum atomic E-state index is -0.196. The molecule has 124 valence electrons. The fraction of sp³-hybridized carbons (Fsp3) is 0.105. The number of hydrogen-bond acceptors (Lipinski definition) is 4. The lowest BCUT2D eigenvalue weighted by Crippen LogP contribution is -2.13. The Morgan fingerprint density at radius 3 is 2.64 bits per heavy atom. The Morgan fingerprint density at radius 2 is 1.92 bits per heavy atom. The molecule has 5 nitrogen and oxygen atoms in total. The maximum Gasteiger partial charge on any atom is 0.273 e. The van der Waals surface area contributed by atoms with Crippen LogP contribution in [0.5, 0.6) is 0 Å². The zero-order chi connectivity index (χ0) is 17.4. The van der Waals surface area contributed by atoms with E-state index in [4.69, 9.17) is 0 Å². The van der Waals surface area contributed by atoms with Gasteiger partial charge < -0.3 is 5.32 Å². The summed E-state index contributed by atoms with van der Waals surface area (Å²) < 4.78 is 1.18. The maximum atomic E-state index is 12.2. The molecule has 2 N–H and O–H groups in total. The Bertz CT molecular complexity index is 1060. The Balaban J connectivity index is 1.57. The Hall–Kier alpha value is -2.99. The summed E-state index contributed by atoms with van der Waals surface area (Å²) in [6.45, 7) is 3.92. The number of thiazole rings is 1. The molecule has 0 unspecified atom stereocenters. The molecule has 0 aliphatic heterocycles. The van der Waals surface area contributed by atoms with Crippen LogP contribution < -0.4 is 5.32 Å². The molecular formula is C19H16N4OS. The lowest BCUT2D eigenvalue weighted by atomic mass is 10.2. The molecule has 0 aliphatic rings. The van der Waals surface area contributed by atoms with Gasteiger partial charge in [-0.15, -0.1) is 11.3 Å². The minimum absolute atomic E-state index is 0.196. The first-order valence-electron chi connectivity index (χ1n) is 7.89. The van der Waals surface area contributed by atoms with Gasteiger partial charge in [0.1, 0.15) is 10.7 Å². The van der Waals surface area contributed by atoms with E-state index in [2.05, 4.69) is 39.6 Å². The van der Waals surface area contributed by atoms with Crippen molar-refractivity contribution in [2.75, 3.05) is 5.32 Å². The average molecular weight is 348 g/mol. The highest BCUT2D eigenvalue weighted by molar-refractivity contribution is 7.21. The molecule has 0 aliphatic carbocycles. The number of H-pyrrole nitrogens is 1. The van der Waals surface area contributed by atoms with E-state index in [1.165, 1.54) is 10.3 Å². The quantitative estimate of drug-likeness (QED) is 0.570. The van der Waals surface area contributed by atoms with Crippen LogP contribution in [0.25, 0.3) is 20.8 Å². The van der Waals surface area contributed by atoms with E-state index in [1.807, 2.05) is 37.3 Å². The van der Waals surface area contributed by atoms with Crippen molar-refractivity contribution in [1.82, 2.24) is 15.2 Å². The van der Waals surface area contributed by atoms with Gasteiger partial charge in [-0.2, -0.15) is 5.10 Å². The van der Waals surface area contributed by atoms with Gasteiger partial charge in [0.25, 0.3) is 5.91 Å². The average Bonchev–Trinajstić information content (AvgIpc) is 3.21. The minimum Gasteiger partial charge on any atom is -0.321 e. The molecule has 0 spiro atoms. The molecule has 0 saturated carbocycles. The molecule has 25 heavy (non-hydrogen) atoms. The molecule has 2 aromatic heterocycles. The lowest BCUT2D eigenvalue weighted by Gasteiger charge is -2.05. The summed E-state index contributed by atoms with van der Waals surface area (Å²) in [6.07, 6.45) is 1.63. The van der Waals surface area contributed by atoms with E-state index in [1.54, 1.807) is 17.5 Å². The number of aromatic nitrogens is 3. The van der Waals surface area contributed by atoms with Gasteiger partial charge >= 0.3 is 0 Å². The molecule has 6 heteroatoms. The van der Waals surface area contributed by atoms with Crippen molar-refractivity contribution in [3.63, 3.8) is 0 Å². The van der Waals surface area contributed by atoms with Crippen LogP contribution in [0.15, 0.2) is 48.7 Å². The van der Waals surface area contributed by atoms with Crippen molar-refractivity contribution in [3.8, 4) is 10.6 Å². The third kappa shape index (κ3) is 3.04. The second kappa shape index (κ2) is 6.14. The van der Waals surface area contributed by atoms with E-state index in [0.717, 1.165) is 27.3 Å². The fourth-order valence-electron chi connectivity index (χ4n) is 2.62. The van der Waals surface area contributed by atoms with Gasteiger partial charge in [0.05, 0.1) is 16.4 Å². The first kappa shape index (κ1) is 15.5. The number of aromatic amines is 1. The van der Waals surface area contributed by atoms with Crippen LogP contribution in [0, 0.1) is 13.8 Å². The van der Waals surface area contributed by atoms with Gasteiger partial charge in [-0.3, -0.25) is 9.89 Å². The molecule has 0 fully saturated rings. The van der Waals surface area contributed by atoms with Crippen LogP contribution in [0.1, 0.15) is 21.6 Å². The zero-order valence-corrected chi connectivity index (χ0v) is 14.6. The Labute approximate surface area is 148 Å². The summed E-state index contributed by atoms with van der Waals surface area (Å²) in [5.41, 5.74) is 5.31. The second-order valence-electron chi connectivity index (χ2n) is 5.95. The van der Waals surface area contributed by atoms with Crippen molar-refractivity contribution in [2.45, 2.75) is 13.8 Å². The molecule has 1 amide bonds. The molecule has 0 radical (unpaired) electrons. The van der Waals surface area contributed by atoms with E-state index >= 15 is 0 Å². The number of nitrogens with zero attached hydrogens (tertiary/aromatic N) is 2. The normalized spacial score (nSPS) is 11.0. The number of anilines is 1. The summed E-state index contributed by atoms with van der Waals surface area (Å²) in [5, 5.41) is 10.4. The summed E-state index contributed by atoms with van der Waals surface area (Å²) in [4.78, 5) is 16.9. The maximum absolute atomic E-state index is 12.2. The molecule has 4 rings (SSSR count). The number of carbonyl (C=O) groups is 1. The number of benzene rings is 2. The van der Waals surface area contributed by atoms with E-state index in [-0.39, 0.29) is 5.91 Å². The zero-order valence-electron chi connectivity index (χ0n) is 13.8. The van der Waals surface area contributed by atoms with Crippen molar-refractivity contribution in [3.05, 3.63) is 65.5 Å². The molecule has 2 aromatic carbocycles. The molecule has 0 bridgehead atoms. The molecule has 2 heterocycles. The molecule has 0 atom stereocenters. The van der Waals surface area contributed by atoms with Gasteiger partial charge in [0.15, 0.2) is 0 Å². The SMILES string of the molecule is Cc1ccc2nc(-c3ccc(NC(=O)c4[nH]ncc4C)cc3)sc2c1. The molecule has 0 saturated heterocycles. The standard InChI is InChI=1S/C19H16N4OS/c1-11-3-8-15-16(9-11)25-19(22-15)13-4-6-14(7-5-13)21-18(24)17-12(2)10-20-23-17/h3-10H,1-2H3,(H,20,23)(H,21,24). The highest BCUT2D eigenvalue weighted by Crippen LogP contribution is 2.31. The van der Waals surface area contributed by atoms with Crippen molar-refractivity contribution >= 4 is 33.1 Å². The number of hydrogen-bond donors (Lipinski definition) is 2. The monoisotopic (exact) mass is 348 g/mol. The fourth-order valence-corrected chi connectivity index (χ4v) is 3.69. The van der Waals surface area contributed by atoms with Crippen molar-refractivity contribution < 1.29 is 4.79 Å². The van der Waals surface area contributed by atoms with Gasteiger partial charge in [0.2, 0.25) is 0 Å². The lowest BCUT2D eigenvalue weighted by molar-refractivity contribution is 0.102. The van der Waals surface area contributed by atoms with Crippen LogP contribution in [0.2, 0.25) is 0 Å². The van der Waals surface area contributed by atoms with Gasteiger partial charge in [-0.25, -0.2) is 4.98 Å². The van der Waals surface area contributed by atoms with Gasteiger partial charge in [-0.1, -0.05) is 6.07 Å². The number of amides is 1. The van der Waals surface area contributed by atoms with Crippen LogP contribution in [0.3, 0.4) is 0 Å². The van der Waals surface area contributed by atoms with E-state index < -0.39 is 0 Å². The number of rotatable bonds is 3. The van der Waals surface area contributed by atoms with Gasteiger partial charge in [-0.05, 0) is 61.4 Å².